The van der Waals surface area contributed by atoms with Crippen LogP contribution in [-0.4, -0.2) is 0 Å². The Hall–Kier alpha value is -3.88. The Bertz CT molecular complexity index is 2140. The fraction of sp³-hybridized carbons (Fsp3) is 0.250. The maximum Gasteiger partial charge on any atom is 0.0645 e. The molecule has 7 rings (SSSR count). The van der Waals surface area contributed by atoms with E-state index in [0.717, 1.165) is 22.5 Å². The third kappa shape index (κ3) is 5.14. The molecule has 1 saturated carbocycles. The molecule has 210 valence electrons. The smallest absolute Gasteiger partial charge is 0.0645 e. The summed E-state index contributed by atoms with van der Waals surface area (Å²) in [7, 11) is 0. The lowest BCUT2D eigenvalue weighted by Crippen LogP contribution is -2.11. The molecule has 1 heterocycles. The molecule has 1 aliphatic carbocycles. The van der Waals surface area contributed by atoms with Crippen molar-refractivity contribution in [1.29, 1.82) is 0 Å². The van der Waals surface area contributed by atoms with E-state index >= 15 is 0 Å². The Kier molecular flexibility index (Phi) is 5.51. The molecule has 6 aromatic rings. The average Bonchev–Trinajstić information content (AvgIpc) is 3.50. The molecule has 0 radical (unpaired) electrons. The Morgan fingerprint density at radius 1 is 0.714 bits per heavy atom. The number of anilines is 3. The zero-order valence-electron chi connectivity index (χ0n) is 30.5. The first-order chi connectivity index (χ1) is 23.0. The molecular weight excluding hydrogens is 527 g/mol. The van der Waals surface area contributed by atoms with Gasteiger partial charge in [0.15, 0.2) is 0 Å². The van der Waals surface area contributed by atoms with Crippen molar-refractivity contribution >= 4 is 48.6 Å². The monoisotopic (exact) mass is 571 g/mol. The first kappa shape index (κ1) is 20.9. The van der Waals surface area contributed by atoms with Crippen molar-refractivity contribution in [2.75, 3.05) is 4.90 Å². The van der Waals surface area contributed by atoms with Crippen molar-refractivity contribution in [2.45, 2.75) is 64.2 Å². The third-order valence-corrected chi connectivity index (χ3v) is 9.51. The van der Waals surface area contributed by atoms with Crippen LogP contribution >= 0.6 is 11.3 Å². The van der Waals surface area contributed by atoms with Gasteiger partial charge in [-0.25, -0.2) is 0 Å². The van der Waals surface area contributed by atoms with Crippen LogP contribution in [0.4, 0.5) is 17.1 Å². The molecule has 0 saturated heterocycles. The summed E-state index contributed by atoms with van der Waals surface area (Å²) in [6.45, 7) is 5.84. The van der Waals surface area contributed by atoms with Crippen LogP contribution in [0, 0.1) is 0 Å². The molecule has 1 nitrogen and oxygen atoms in total. The summed E-state index contributed by atoms with van der Waals surface area (Å²) in [5, 5.41) is 0.996. The first-order valence-corrected chi connectivity index (χ1v) is 15.8. The van der Waals surface area contributed by atoms with Gasteiger partial charge in [-0.15, -0.1) is 11.3 Å². The molecule has 1 aliphatic rings. The van der Waals surface area contributed by atoms with E-state index in [0.29, 0.717) is 37.3 Å². The minimum absolute atomic E-state index is 0.0171. The normalized spacial score (nSPS) is 16.5. The van der Waals surface area contributed by atoms with Crippen LogP contribution in [0.15, 0.2) is 115 Å². The highest BCUT2D eigenvalue weighted by molar-refractivity contribution is 7.26. The SMILES string of the molecule is [2H]c1c(C(C)(C)C)c([2H])c2c(sc3c([2H])c([2H])c([2H])c(N(c4ccc(-c5ccccc5)cc4)c4ccc(C5CCCCC5)cc4)c32)c1[2H]. The molecule has 0 atom stereocenters. The van der Waals surface area contributed by atoms with Crippen LogP contribution in [0.5, 0.6) is 0 Å². The van der Waals surface area contributed by atoms with Crippen molar-refractivity contribution in [3.63, 3.8) is 0 Å². The number of benzene rings is 5. The van der Waals surface area contributed by atoms with Crippen molar-refractivity contribution in [3.05, 3.63) is 126 Å². The third-order valence-electron chi connectivity index (χ3n) is 8.49. The Labute approximate surface area is 262 Å². The largest absolute Gasteiger partial charge is 0.310 e. The number of thiophene rings is 1. The van der Waals surface area contributed by atoms with Crippen molar-refractivity contribution in [3.8, 4) is 11.1 Å². The van der Waals surface area contributed by atoms with Gasteiger partial charge < -0.3 is 4.90 Å². The van der Waals surface area contributed by atoms with Crippen molar-refractivity contribution < 1.29 is 8.22 Å². The van der Waals surface area contributed by atoms with E-state index in [9.17, 15) is 2.74 Å². The number of nitrogens with zero attached hydrogens (tertiary/aromatic N) is 1. The molecule has 1 aromatic heterocycles. The number of hydrogen-bond donors (Lipinski definition) is 0. The molecule has 2 heteroatoms. The fourth-order valence-electron chi connectivity index (χ4n) is 6.15. The second-order valence-electron chi connectivity index (χ2n) is 12.4. The zero-order valence-corrected chi connectivity index (χ0v) is 25.3. The summed E-state index contributed by atoms with van der Waals surface area (Å²) in [5.74, 6) is 0.532. The molecule has 0 amide bonds. The zero-order chi connectivity index (χ0) is 33.9. The van der Waals surface area contributed by atoms with Crippen LogP contribution in [0.25, 0.3) is 31.3 Å². The van der Waals surface area contributed by atoms with E-state index in [1.54, 1.807) is 0 Å². The fourth-order valence-corrected chi connectivity index (χ4v) is 7.12. The average molecular weight is 572 g/mol. The van der Waals surface area contributed by atoms with E-state index in [-0.39, 0.29) is 36.3 Å². The summed E-state index contributed by atoms with van der Waals surface area (Å²) < 4.78 is 55.5. The van der Waals surface area contributed by atoms with Crippen molar-refractivity contribution in [2.24, 2.45) is 0 Å². The topological polar surface area (TPSA) is 3.24 Å². The van der Waals surface area contributed by atoms with Gasteiger partial charge in [0, 0.05) is 31.5 Å². The maximum absolute atomic E-state index is 9.45. The van der Waals surface area contributed by atoms with E-state index in [1.165, 1.54) is 49.0 Å². The van der Waals surface area contributed by atoms with Gasteiger partial charge in [0.2, 0.25) is 0 Å². The minimum Gasteiger partial charge on any atom is -0.310 e. The Balaban J connectivity index is 1.53. The second kappa shape index (κ2) is 11.1. The van der Waals surface area contributed by atoms with Crippen LogP contribution in [0.2, 0.25) is 0 Å². The van der Waals surface area contributed by atoms with Gasteiger partial charge in [-0.1, -0.05) is 107 Å². The van der Waals surface area contributed by atoms with Gasteiger partial charge in [-0.3, -0.25) is 0 Å². The van der Waals surface area contributed by atoms with Gasteiger partial charge in [-0.05, 0) is 94.9 Å². The van der Waals surface area contributed by atoms with Gasteiger partial charge in [0.05, 0.1) is 13.9 Å². The maximum atomic E-state index is 9.45. The summed E-state index contributed by atoms with van der Waals surface area (Å²) in [6, 6.07) is 26.7. The molecule has 5 aromatic carbocycles. The first-order valence-electron chi connectivity index (χ1n) is 18.0. The molecule has 42 heavy (non-hydrogen) atoms. The van der Waals surface area contributed by atoms with Crippen LogP contribution in [0.3, 0.4) is 0 Å². The molecule has 1 fully saturated rings. The molecule has 0 N–H and O–H groups in total. The molecular formula is C40H39NS. The van der Waals surface area contributed by atoms with E-state index in [1.807, 2.05) is 56.0 Å². The van der Waals surface area contributed by atoms with Crippen LogP contribution in [-0.2, 0) is 5.41 Å². The van der Waals surface area contributed by atoms with Gasteiger partial charge >= 0.3 is 0 Å². The Morgan fingerprint density at radius 2 is 1.38 bits per heavy atom. The minimum atomic E-state index is -0.572. The highest BCUT2D eigenvalue weighted by atomic mass is 32.1. The van der Waals surface area contributed by atoms with Crippen LogP contribution < -0.4 is 4.90 Å². The molecule has 0 unspecified atom stereocenters. The summed E-state index contributed by atoms with van der Waals surface area (Å²) in [6.07, 6.45) is 6.15. The quantitative estimate of drug-likeness (QED) is 0.199. The van der Waals surface area contributed by atoms with Gasteiger partial charge in [0.1, 0.15) is 0 Å². The predicted octanol–water partition coefficient (Wildman–Crippen LogP) is 12.5. The van der Waals surface area contributed by atoms with E-state index in [2.05, 4.69) is 48.5 Å². The van der Waals surface area contributed by atoms with Gasteiger partial charge in [-0.2, -0.15) is 0 Å². The number of rotatable bonds is 5. The summed E-state index contributed by atoms with van der Waals surface area (Å²) >= 11 is 1.18. The molecule has 0 bridgehead atoms. The van der Waals surface area contributed by atoms with E-state index < -0.39 is 5.41 Å². The number of fused-ring (bicyclic) bond motifs is 3. The highest BCUT2D eigenvalue weighted by Gasteiger charge is 2.22. The summed E-state index contributed by atoms with van der Waals surface area (Å²) in [5.41, 5.74) is 5.37. The highest BCUT2D eigenvalue weighted by Crippen LogP contribution is 2.46. The lowest BCUT2D eigenvalue weighted by Gasteiger charge is -2.28. The lowest BCUT2D eigenvalue weighted by molar-refractivity contribution is 0.443. The molecule has 0 aliphatic heterocycles. The van der Waals surface area contributed by atoms with Crippen molar-refractivity contribution in [1.82, 2.24) is 0 Å². The predicted molar refractivity (Wildman–Crippen MR) is 184 cm³/mol. The standard InChI is InChI=1S/C40H39NS/c1-40(2,3)32-21-26-37-35(27-32)39-36(15-10-16-38(39)42-37)41(33-22-17-30(18-23-33)28-11-6-4-7-12-28)34-24-19-31(20-25-34)29-13-8-5-9-14-29/h4,6-7,10-12,15-27,29H,5,8-9,13-14H2,1-3H3/i10D,15D,16D,21D,26D,27D. The molecule has 0 spiro atoms. The van der Waals surface area contributed by atoms with Crippen LogP contribution in [0.1, 0.15) is 78.1 Å². The lowest BCUT2D eigenvalue weighted by atomic mass is 9.84. The Morgan fingerprint density at radius 3 is 2.07 bits per heavy atom. The van der Waals surface area contributed by atoms with E-state index in [4.69, 9.17) is 5.48 Å². The second-order valence-corrected chi connectivity index (χ2v) is 13.4. The number of hydrogen-bond acceptors (Lipinski definition) is 2. The summed E-state index contributed by atoms with van der Waals surface area (Å²) in [4.78, 5) is 1.99. The van der Waals surface area contributed by atoms with Gasteiger partial charge in [0.25, 0.3) is 0 Å².